The van der Waals surface area contributed by atoms with Crippen LogP contribution in [0.4, 0.5) is 0 Å². The number of amides is 1. The van der Waals surface area contributed by atoms with Crippen molar-refractivity contribution in [3.05, 3.63) is 47.5 Å². The molecular formula is C16H18N4O4. The lowest BCUT2D eigenvalue weighted by Gasteiger charge is -2.24. The molecule has 2 aromatic rings. The Balaban J connectivity index is 1.64. The van der Waals surface area contributed by atoms with Gasteiger partial charge in [0.15, 0.2) is 0 Å². The number of fused-ring (bicyclic) bond motifs is 1. The van der Waals surface area contributed by atoms with Crippen LogP contribution in [0.15, 0.2) is 30.6 Å². The summed E-state index contributed by atoms with van der Waals surface area (Å²) in [5.41, 5.74) is 2.48. The monoisotopic (exact) mass is 330 g/mol. The molecule has 5 N–H and O–H groups in total. The molecule has 1 aromatic heterocycles. The standard InChI is InChI=1S/C16H18N4O4/c21-10-3-1-9(2-4-10)5-13(16(23)24)20-15(22)12-6-11-14(7-17-12)19-8-18-11/h1-4,8,12-13,17,21H,5-7H2,(H,18,19)(H,20,22)(H,23,24)/t12-,13-/m0/s1. The molecule has 0 aliphatic carbocycles. The summed E-state index contributed by atoms with van der Waals surface area (Å²) in [4.78, 5) is 31.0. The van der Waals surface area contributed by atoms with Gasteiger partial charge in [0.25, 0.3) is 0 Å². The normalized spacial score (nSPS) is 17.8. The molecule has 8 nitrogen and oxygen atoms in total. The minimum absolute atomic E-state index is 0.107. The van der Waals surface area contributed by atoms with Crippen LogP contribution >= 0.6 is 0 Å². The Morgan fingerprint density at radius 2 is 2.08 bits per heavy atom. The number of nitrogens with one attached hydrogen (secondary N) is 3. The van der Waals surface area contributed by atoms with Crippen molar-refractivity contribution >= 4 is 11.9 Å². The first-order valence-electron chi connectivity index (χ1n) is 7.58. The van der Waals surface area contributed by atoms with Crippen molar-refractivity contribution in [2.75, 3.05) is 0 Å². The van der Waals surface area contributed by atoms with E-state index in [1.807, 2.05) is 0 Å². The third kappa shape index (κ3) is 3.54. The number of carboxylic acid groups (broad SMARTS) is 1. The van der Waals surface area contributed by atoms with E-state index in [9.17, 15) is 19.8 Å². The van der Waals surface area contributed by atoms with Gasteiger partial charge in [0.2, 0.25) is 5.91 Å². The van der Waals surface area contributed by atoms with Gasteiger partial charge in [-0.25, -0.2) is 9.78 Å². The topological polar surface area (TPSA) is 127 Å². The highest BCUT2D eigenvalue weighted by Crippen LogP contribution is 2.14. The maximum absolute atomic E-state index is 12.4. The zero-order chi connectivity index (χ0) is 17.1. The molecule has 1 aromatic carbocycles. The number of nitrogens with zero attached hydrogens (tertiary/aromatic N) is 1. The van der Waals surface area contributed by atoms with E-state index in [1.165, 1.54) is 12.1 Å². The Morgan fingerprint density at radius 3 is 2.79 bits per heavy atom. The molecule has 126 valence electrons. The van der Waals surface area contributed by atoms with E-state index >= 15 is 0 Å². The number of imidazole rings is 1. The lowest BCUT2D eigenvalue weighted by Crippen LogP contribution is -2.52. The predicted molar refractivity (Wildman–Crippen MR) is 84.3 cm³/mol. The Hall–Kier alpha value is -2.87. The molecule has 0 saturated heterocycles. The molecule has 0 unspecified atom stereocenters. The number of aliphatic carboxylic acids is 1. The van der Waals surface area contributed by atoms with Gasteiger partial charge < -0.3 is 20.5 Å². The molecule has 0 fully saturated rings. The van der Waals surface area contributed by atoms with Gasteiger partial charge in [0.05, 0.1) is 23.8 Å². The number of aromatic amines is 1. The molecule has 0 radical (unpaired) electrons. The second-order valence-corrected chi connectivity index (χ2v) is 5.74. The number of carbonyl (C=O) groups excluding carboxylic acids is 1. The number of hydrogen-bond donors (Lipinski definition) is 5. The highest BCUT2D eigenvalue weighted by Gasteiger charge is 2.29. The summed E-state index contributed by atoms with van der Waals surface area (Å²) in [6.45, 7) is 0.489. The van der Waals surface area contributed by atoms with Gasteiger partial charge in [-0.15, -0.1) is 0 Å². The van der Waals surface area contributed by atoms with Crippen molar-refractivity contribution in [3.8, 4) is 5.75 Å². The van der Waals surface area contributed by atoms with Gasteiger partial charge >= 0.3 is 5.97 Å². The first kappa shape index (κ1) is 16.0. The lowest BCUT2D eigenvalue weighted by atomic mass is 10.0. The number of benzene rings is 1. The van der Waals surface area contributed by atoms with Crippen LogP contribution in [0.3, 0.4) is 0 Å². The maximum atomic E-state index is 12.4. The SMILES string of the molecule is O=C(O)[C@H](Cc1ccc(O)cc1)NC(=O)[C@@H]1Cc2nc[nH]c2CN1. The summed E-state index contributed by atoms with van der Waals surface area (Å²) >= 11 is 0. The summed E-state index contributed by atoms with van der Waals surface area (Å²) in [6, 6.07) is 4.68. The fourth-order valence-corrected chi connectivity index (χ4v) is 2.69. The molecule has 2 atom stereocenters. The molecule has 3 rings (SSSR count). The molecule has 0 saturated carbocycles. The number of rotatable bonds is 5. The number of phenolic OH excluding ortho intramolecular Hbond substituents is 1. The van der Waals surface area contributed by atoms with E-state index in [1.54, 1.807) is 18.5 Å². The van der Waals surface area contributed by atoms with E-state index < -0.39 is 18.1 Å². The van der Waals surface area contributed by atoms with Gasteiger partial charge in [0, 0.05) is 19.4 Å². The molecule has 2 heterocycles. The second kappa shape index (κ2) is 6.71. The van der Waals surface area contributed by atoms with Crippen molar-refractivity contribution in [1.82, 2.24) is 20.6 Å². The zero-order valence-electron chi connectivity index (χ0n) is 12.8. The first-order valence-corrected chi connectivity index (χ1v) is 7.58. The number of phenols is 1. The number of carboxylic acids is 1. The van der Waals surface area contributed by atoms with Crippen LogP contribution in [0.1, 0.15) is 17.0 Å². The number of carbonyl (C=O) groups is 2. The highest BCUT2D eigenvalue weighted by atomic mass is 16.4. The van der Waals surface area contributed by atoms with Crippen LogP contribution in [0.25, 0.3) is 0 Å². The van der Waals surface area contributed by atoms with Crippen LogP contribution in [0.2, 0.25) is 0 Å². The third-order valence-corrected chi connectivity index (χ3v) is 4.04. The quantitative estimate of drug-likeness (QED) is 0.523. The maximum Gasteiger partial charge on any atom is 0.326 e. The van der Waals surface area contributed by atoms with Crippen LogP contribution in [-0.4, -0.2) is 44.1 Å². The van der Waals surface area contributed by atoms with Crippen LogP contribution in [0.5, 0.6) is 5.75 Å². The molecular weight excluding hydrogens is 312 g/mol. The number of H-pyrrole nitrogens is 1. The Labute approximate surface area is 137 Å². The molecule has 1 amide bonds. The van der Waals surface area contributed by atoms with Crippen molar-refractivity contribution in [1.29, 1.82) is 0 Å². The molecule has 24 heavy (non-hydrogen) atoms. The minimum Gasteiger partial charge on any atom is -0.508 e. The largest absolute Gasteiger partial charge is 0.508 e. The predicted octanol–water partition coefficient (Wildman–Crippen LogP) is -0.0583. The fourth-order valence-electron chi connectivity index (χ4n) is 2.69. The van der Waals surface area contributed by atoms with E-state index in [4.69, 9.17) is 0 Å². The smallest absolute Gasteiger partial charge is 0.326 e. The summed E-state index contributed by atoms with van der Waals surface area (Å²) in [5.74, 6) is -1.36. The Kier molecular flexibility index (Phi) is 4.48. The third-order valence-electron chi connectivity index (χ3n) is 4.04. The summed E-state index contributed by atoms with van der Waals surface area (Å²) in [5, 5.41) is 24.3. The van der Waals surface area contributed by atoms with Gasteiger partial charge in [-0.2, -0.15) is 0 Å². The molecule has 8 heteroatoms. The van der Waals surface area contributed by atoms with E-state index in [-0.39, 0.29) is 18.1 Å². The van der Waals surface area contributed by atoms with Gasteiger partial charge in [-0.1, -0.05) is 12.1 Å². The summed E-state index contributed by atoms with van der Waals surface area (Å²) in [7, 11) is 0. The van der Waals surface area contributed by atoms with Crippen LogP contribution in [0, 0.1) is 0 Å². The molecule has 0 bridgehead atoms. The van der Waals surface area contributed by atoms with E-state index in [0.717, 1.165) is 11.4 Å². The van der Waals surface area contributed by atoms with E-state index in [0.29, 0.717) is 18.5 Å². The van der Waals surface area contributed by atoms with Gasteiger partial charge in [-0.05, 0) is 17.7 Å². The second-order valence-electron chi connectivity index (χ2n) is 5.74. The van der Waals surface area contributed by atoms with Crippen molar-refractivity contribution in [2.45, 2.75) is 31.5 Å². The van der Waals surface area contributed by atoms with Crippen molar-refractivity contribution in [3.63, 3.8) is 0 Å². The Bertz CT molecular complexity index is 741. The first-order chi connectivity index (χ1) is 11.5. The van der Waals surface area contributed by atoms with Crippen LogP contribution < -0.4 is 10.6 Å². The summed E-state index contributed by atoms with van der Waals surface area (Å²) in [6.07, 6.45) is 2.13. The highest BCUT2D eigenvalue weighted by molar-refractivity contribution is 5.87. The fraction of sp³-hybridized carbons (Fsp3) is 0.312. The average Bonchev–Trinajstić information content (AvgIpc) is 3.03. The van der Waals surface area contributed by atoms with Crippen molar-refractivity contribution < 1.29 is 19.8 Å². The Morgan fingerprint density at radius 1 is 1.33 bits per heavy atom. The average molecular weight is 330 g/mol. The molecule has 1 aliphatic heterocycles. The zero-order valence-corrected chi connectivity index (χ0v) is 12.8. The molecule has 1 aliphatic rings. The van der Waals surface area contributed by atoms with E-state index in [2.05, 4.69) is 20.6 Å². The lowest BCUT2D eigenvalue weighted by molar-refractivity contribution is -0.142. The summed E-state index contributed by atoms with van der Waals surface area (Å²) < 4.78 is 0. The minimum atomic E-state index is -1.10. The number of aromatic nitrogens is 2. The number of aromatic hydroxyl groups is 1. The number of hydrogen-bond acceptors (Lipinski definition) is 5. The van der Waals surface area contributed by atoms with Gasteiger partial charge in [0.1, 0.15) is 11.8 Å². The van der Waals surface area contributed by atoms with Crippen molar-refractivity contribution in [2.24, 2.45) is 0 Å². The van der Waals surface area contributed by atoms with Crippen LogP contribution in [-0.2, 0) is 29.0 Å². The molecule has 0 spiro atoms. The van der Waals surface area contributed by atoms with Gasteiger partial charge in [-0.3, -0.25) is 10.1 Å².